The molecule has 0 aliphatic heterocycles. The standard InChI is InChI=1S/C16H12N2/c1-11-8-14(9-17)16(15(10-18)12(11)2)13-6-4-3-5-7-13/h3-8H,1-2H3. The summed E-state index contributed by atoms with van der Waals surface area (Å²) in [5.74, 6) is 0. The van der Waals surface area contributed by atoms with Crippen LogP contribution in [-0.4, -0.2) is 0 Å². The van der Waals surface area contributed by atoms with Crippen molar-refractivity contribution < 1.29 is 0 Å². The molecule has 0 amide bonds. The van der Waals surface area contributed by atoms with Crippen molar-refractivity contribution in [3.05, 3.63) is 58.7 Å². The van der Waals surface area contributed by atoms with Crippen molar-refractivity contribution in [2.75, 3.05) is 0 Å². The predicted octanol–water partition coefficient (Wildman–Crippen LogP) is 3.71. The van der Waals surface area contributed by atoms with E-state index < -0.39 is 0 Å². The molecule has 0 bridgehead atoms. The Labute approximate surface area is 107 Å². The van der Waals surface area contributed by atoms with E-state index in [0.717, 1.165) is 22.3 Å². The molecule has 2 heteroatoms. The lowest BCUT2D eigenvalue weighted by Crippen LogP contribution is -1.96. The third-order valence-corrected chi connectivity index (χ3v) is 3.14. The number of aryl methyl sites for hydroxylation is 1. The molecule has 0 radical (unpaired) electrons. The first-order valence-corrected chi connectivity index (χ1v) is 5.69. The molecule has 2 aromatic carbocycles. The molecule has 0 N–H and O–H groups in total. The summed E-state index contributed by atoms with van der Waals surface area (Å²) in [4.78, 5) is 0. The largest absolute Gasteiger partial charge is 0.192 e. The molecule has 0 spiro atoms. The first-order chi connectivity index (χ1) is 8.69. The molecule has 2 nitrogen and oxygen atoms in total. The number of nitrogens with zero attached hydrogens (tertiary/aromatic N) is 2. The summed E-state index contributed by atoms with van der Waals surface area (Å²) in [6, 6.07) is 15.8. The van der Waals surface area contributed by atoms with Crippen molar-refractivity contribution in [3.63, 3.8) is 0 Å². The maximum absolute atomic E-state index is 9.35. The molecule has 0 fully saturated rings. The van der Waals surface area contributed by atoms with Gasteiger partial charge in [0.25, 0.3) is 0 Å². The van der Waals surface area contributed by atoms with E-state index in [1.165, 1.54) is 0 Å². The van der Waals surface area contributed by atoms with Crippen molar-refractivity contribution in [2.45, 2.75) is 13.8 Å². The molecule has 0 atom stereocenters. The highest BCUT2D eigenvalue weighted by Gasteiger charge is 2.14. The molecule has 2 rings (SSSR count). The second kappa shape index (κ2) is 4.73. The van der Waals surface area contributed by atoms with E-state index in [9.17, 15) is 10.5 Å². The summed E-state index contributed by atoms with van der Waals surface area (Å²) in [6.07, 6.45) is 0. The monoisotopic (exact) mass is 232 g/mol. The SMILES string of the molecule is Cc1cc(C#N)c(-c2ccccc2)c(C#N)c1C. The quantitative estimate of drug-likeness (QED) is 0.752. The lowest BCUT2D eigenvalue weighted by molar-refractivity contribution is 1.29. The summed E-state index contributed by atoms with van der Waals surface area (Å²) in [6.45, 7) is 3.84. The molecule has 0 heterocycles. The first-order valence-electron chi connectivity index (χ1n) is 5.69. The first kappa shape index (κ1) is 11.9. The summed E-state index contributed by atoms with van der Waals surface area (Å²) in [5, 5.41) is 18.6. The fourth-order valence-corrected chi connectivity index (χ4v) is 2.05. The zero-order chi connectivity index (χ0) is 13.1. The highest BCUT2D eigenvalue weighted by Crippen LogP contribution is 2.31. The van der Waals surface area contributed by atoms with Crippen molar-refractivity contribution in [2.24, 2.45) is 0 Å². The third kappa shape index (κ3) is 1.85. The Kier molecular flexibility index (Phi) is 3.13. The van der Waals surface area contributed by atoms with E-state index >= 15 is 0 Å². The number of hydrogen-bond acceptors (Lipinski definition) is 2. The van der Waals surface area contributed by atoms with Crippen molar-refractivity contribution >= 4 is 0 Å². The molecule has 18 heavy (non-hydrogen) atoms. The van der Waals surface area contributed by atoms with Crippen LogP contribution in [0.5, 0.6) is 0 Å². The fraction of sp³-hybridized carbons (Fsp3) is 0.125. The van der Waals surface area contributed by atoms with Gasteiger partial charge in [-0.2, -0.15) is 10.5 Å². The van der Waals surface area contributed by atoms with Gasteiger partial charge in [0.2, 0.25) is 0 Å². The van der Waals surface area contributed by atoms with Crippen LogP contribution in [-0.2, 0) is 0 Å². The van der Waals surface area contributed by atoms with Crippen LogP contribution in [0.2, 0.25) is 0 Å². The van der Waals surface area contributed by atoms with Gasteiger partial charge < -0.3 is 0 Å². The molecule has 0 aliphatic carbocycles. The Morgan fingerprint density at radius 2 is 1.61 bits per heavy atom. The Morgan fingerprint density at radius 3 is 2.17 bits per heavy atom. The van der Waals surface area contributed by atoms with E-state index in [0.29, 0.717) is 11.1 Å². The maximum Gasteiger partial charge on any atom is 0.100 e. The van der Waals surface area contributed by atoms with Gasteiger partial charge in [-0.1, -0.05) is 30.3 Å². The van der Waals surface area contributed by atoms with Crippen molar-refractivity contribution in [3.8, 4) is 23.3 Å². The van der Waals surface area contributed by atoms with E-state index in [2.05, 4.69) is 12.1 Å². The molecular weight excluding hydrogens is 220 g/mol. The molecule has 0 saturated carbocycles. The van der Waals surface area contributed by atoms with Gasteiger partial charge in [0.05, 0.1) is 17.2 Å². The fourth-order valence-electron chi connectivity index (χ4n) is 2.05. The summed E-state index contributed by atoms with van der Waals surface area (Å²) < 4.78 is 0. The topological polar surface area (TPSA) is 47.6 Å². The second-order valence-electron chi connectivity index (χ2n) is 4.21. The number of nitriles is 2. The van der Waals surface area contributed by atoms with Crippen LogP contribution in [0.4, 0.5) is 0 Å². The molecule has 0 unspecified atom stereocenters. The molecule has 0 aromatic heterocycles. The van der Waals surface area contributed by atoms with Gasteiger partial charge in [-0.3, -0.25) is 0 Å². The van der Waals surface area contributed by atoms with Crippen molar-refractivity contribution in [1.29, 1.82) is 10.5 Å². The van der Waals surface area contributed by atoms with Gasteiger partial charge in [0.15, 0.2) is 0 Å². The van der Waals surface area contributed by atoms with Crippen LogP contribution in [0.1, 0.15) is 22.3 Å². The van der Waals surface area contributed by atoms with Crippen LogP contribution in [0.15, 0.2) is 36.4 Å². The minimum absolute atomic E-state index is 0.556. The van der Waals surface area contributed by atoms with Gasteiger partial charge in [-0.25, -0.2) is 0 Å². The number of hydrogen-bond donors (Lipinski definition) is 0. The lowest BCUT2D eigenvalue weighted by atomic mass is 9.90. The smallest absolute Gasteiger partial charge is 0.100 e. The van der Waals surface area contributed by atoms with Gasteiger partial charge in [-0.15, -0.1) is 0 Å². The van der Waals surface area contributed by atoms with Gasteiger partial charge in [-0.05, 0) is 36.6 Å². The van der Waals surface area contributed by atoms with E-state index in [-0.39, 0.29) is 0 Å². The van der Waals surface area contributed by atoms with Crippen LogP contribution >= 0.6 is 0 Å². The lowest BCUT2D eigenvalue weighted by Gasteiger charge is -2.11. The minimum Gasteiger partial charge on any atom is -0.192 e. The zero-order valence-electron chi connectivity index (χ0n) is 10.4. The predicted molar refractivity (Wildman–Crippen MR) is 70.8 cm³/mol. The van der Waals surface area contributed by atoms with Gasteiger partial charge in [0, 0.05) is 5.56 Å². The second-order valence-corrected chi connectivity index (χ2v) is 4.21. The van der Waals surface area contributed by atoms with Crippen LogP contribution in [0.25, 0.3) is 11.1 Å². The molecule has 0 aliphatic rings. The third-order valence-electron chi connectivity index (χ3n) is 3.14. The van der Waals surface area contributed by atoms with E-state index in [1.807, 2.05) is 50.2 Å². The maximum atomic E-state index is 9.35. The zero-order valence-corrected chi connectivity index (χ0v) is 10.4. The summed E-state index contributed by atoms with van der Waals surface area (Å²) >= 11 is 0. The Morgan fingerprint density at radius 1 is 0.944 bits per heavy atom. The number of benzene rings is 2. The van der Waals surface area contributed by atoms with Crippen LogP contribution in [0, 0.1) is 36.5 Å². The van der Waals surface area contributed by atoms with E-state index in [4.69, 9.17) is 0 Å². The Bertz CT molecular complexity index is 671. The summed E-state index contributed by atoms with van der Waals surface area (Å²) in [5.41, 5.74) is 4.72. The normalized spacial score (nSPS) is 9.56. The van der Waals surface area contributed by atoms with Gasteiger partial charge in [0.1, 0.15) is 6.07 Å². The highest BCUT2D eigenvalue weighted by molar-refractivity contribution is 5.78. The molecular formula is C16H12N2. The highest BCUT2D eigenvalue weighted by atomic mass is 14.3. The van der Waals surface area contributed by atoms with E-state index in [1.54, 1.807) is 0 Å². The Hall–Kier alpha value is -2.58. The molecule has 86 valence electrons. The van der Waals surface area contributed by atoms with Crippen molar-refractivity contribution in [1.82, 2.24) is 0 Å². The molecule has 2 aromatic rings. The summed E-state index contributed by atoms with van der Waals surface area (Å²) in [7, 11) is 0. The average Bonchev–Trinajstić information content (AvgIpc) is 2.42. The molecule has 0 saturated heterocycles. The Balaban J connectivity index is 2.86. The van der Waals surface area contributed by atoms with Crippen LogP contribution < -0.4 is 0 Å². The van der Waals surface area contributed by atoms with Crippen LogP contribution in [0.3, 0.4) is 0 Å². The van der Waals surface area contributed by atoms with Gasteiger partial charge >= 0.3 is 0 Å². The minimum atomic E-state index is 0.556. The number of rotatable bonds is 1. The average molecular weight is 232 g/mol.